The first kappa shape index (κ1) is 14.7. The van der Waals surface area contributed by atoms with Crippen LogP contribution in [0.2, 0.25) is 0 Å². The van der Waals surface area contributed by atoms with Gasteiger partial charge in [-0.25, -0.2) is 0 Å². The highest BCUT2D eigenvalue weighted by molar-refractivity contribution is 5.29. The Hall–Kier alpha value is -1.33. The minimum absolute atomic E-state index is 0.193. The van der Waals surface area contributed by atoms with Gasteiger partial charge in [0.2, 0.25) is 0 Å². The zero-order valence-corrected chi connectivity index (χ0v) is 12.2. The van der Waals surface area contributed by atoms with Crippen LogP contribution in [-0.2, 0) is 5.41 Å². The molecule has 0 spiro atoms. The second-order valence-corrected chi connectivity index (χ2v) is 6.05. The van der Waals surface area contributed by atoms with Crippen LogP contribution < -0.4 is 0 Å². The quantitative estimate of drug-likeness (QED) is 0.803. The third kappa shape index (κ3) is 3.85. The second-order valence-electron chi connectivity index (χ2n) is 6.05. The molecular formula is C16H24N2. The predicted molar refractivity (Wildman–Crippen MR) is 76.4 cm³/mol. The van der Waals surface area contributed by atoms with E-state index in [1.54, 1.807) is 0 Å². The molecule has 0 fully saturated rings. The van der Waals surface area contributed by atoms with Gasteiger partial charge in [0.25, 0.3) is 0 Å². The summed E-state index contributed by atoms with van der Waals surface area (Å²) in [4.78, 5) is 2.18. The molecule has 0 aliphatic carbocycles. The van der Waals surface area contributed by atoms with Crippen molar-refractivity contribution in [3.63, 3.8) is 0 Å². The summed E-state index contributed by atoms with van der Waals surface area (Å²) in [6.07, 6.45) is 1.49. The highest BCUT2D eigenvalue weighted by Crippen LogP contribution is 2.27. The van der Waals surface area contributed by atoms with Crippen molar-refractivity contribution in [2.24, 2.45) is 0 Å². The lowest BCUT2D eigenvalue weighted by Gasteiger charge is -2.25. The zero-order chi connectivity index (χ0) is 13.8. The van der Waals surface area contributed by atoms with Crippen LogP contribution in [0.15, 0.2) is 24.3 Å². The fourth-order valence-electron chi connectivity index (χ4n) is 2.13. The van der Waals surface area contributed by atoms with Crippen LogP contribution in [0.3, 0.4) is 0 Å². The maximum Gasteiger partial charge on any atom is 0.0622 e. The van der Waals surface area contributed by atoms with Crippen molar-refractivity contribution in [3.05, 3.63) is 35.4 Å². The molecule has 18 heavy (non-hydrogen) atoms. The third-order valence-corrected chi connectivity index (χ3v) is 3.31. The molecule has 0 saturated heterocycles. The molecule has 1 aromatic rings. The summed E-state index contributed by atoms with van der Waals surface area (Å²) in [5, 5.41) is 8.73. The van der Waals surface area contributed by atoms with E-state index in [1.165, 1.54) is 11.1 Å². The highest BCUT2D eigenvalue weighted by Gasteiger charge is 2.16. The summed E-state index contributed by atoms with van der Waals surface area (Å²) in [6.45, 7) is 6.67. The van der Waals surface area contributed by atoms with Crippen molar-refractivity contribution in [2.45, 2.75) is 45.1 Å². The fraction of sp³-hybridized carbons (Fsp3) is 0.562. The Labute approximate surface area is 111 Å². The molecule has 0 amide bonds. The summed E-state index contributed by atoms with van der Waals surface area (Å²) in [5.41, 5.74) is 2.84. The first-order chi connectivity index (χ1) is 8.36. The van der Waals surface area contributed by atoms with Crippen molar-refractivity contribution in [1.29, 1.82) is 5.26 Å². The molecule has 1 aromatic carbocycles. The lowest BCUT2D eigenvalue weighted by atomic mass is 9.86. The Morgan fingerprint density at radius 2 is 1.72 bits per heavy atom. The maximum atomic E-state index is 8.73. The smallest absolute Gasteiger partial charge is 0.0622 e. The van der Waals surface area contributed by atoms with Gasteiger partial charge in [-0.15, -0.1) is 0 Å². The minimum atomic E-state index is 0.193. The topological polar surface area (TPSA) is 27.0 Å². The number of nitriles is 1. The summed E-state index contributed by atoms with van der Waals surface area (Å²) in [5.74, 6) is 0. The predicted octanol–water partition coefficient (Wildman–Crippen LogP) is 3.89. The van der Waals surface area contributed by atoms with Crippen molar-refractivity contribution < 1.29 is 0 Å². The van der Waals surface area contributed by atoms with Crippen molar-refractivity contribution >= 4 is 0 Å². The van der Waals surface area contributed by atoms with Gasteiger partial charge in [0.05, 0.1) is 6.07 Å². The summed E-state index contributed by atoms with van der Waals surface area (Å²) >= 11 is 0. The van der Waals surface area contributed by atoms with Gasteiger partial charge >= 0.3 is 0 Å². The Kier molecular flexibility index (Phi) is 4.93. The number of hydrogen-bond donors (Lipinski definition) is 0. The standard InChI is InChI=1S/C16H24N2/c1-16(2,3)14-10-8-13(9-11-14)15(18(4)5)7-6-12-17/h8-11,15H,6-7H2,1-5H3. The largest absolute Gasteiger partial charge is 0.302 e. The van der Waals surface area contributed by atoms with Gasteiger partial charge in [-0.1, -0.05) is 45.0 Å². The highest BCUT2D eigenvalue weighted by atomic mass is 15.1. The molecule has 2 heteroatoms. The van der Waals surface area contributed by atoms with Gasteiger partial charge in [-0.05, 0) is 37.1 Å². The first-order valence-electron chi connectivity index (χ1n) is 6.50. The summed E-state index contributed by atoms with van der Waals surface area (Å²) < 4.78 is 0. The van der Waals surface area contributed by atoms with Gasteiger partial charge < -0.3 is 4.90 Å². The van der Waals surface area contributed by atoms with Crippen LogP contribution in [0, 0.1) is 11.3 Å². The van der Waals surface area contributed by atoms with Gasteiger partial charge in [0, 0.05) is 12.5 Å². The van der Waals surface area contributed by atoms with Gasteiger partial charge in [-0.3, -0.25) is 0 Å². The number of benzene rings is 1. The molecular weight excluding hydrogens is 220 g/mol. The monoisotopic (exact) mass is 244 g/mol. The summed E-state index contributed by atoms with van der Waals surface area (Å²) in [6, 6.07) is 11.4. The van der Waals surface area contributed by atoms with Crippen LogP contribution in [0.4, 0.5) is 0 Å². The molecule has 0 radical (unpaired) electrons. The Morgan fingerprint density at radius 1 is 1.17 bits per heavy atom. The van der Waals surface area contributed by atoms with E-state index < -0.39 is 0 Å². The fourth-order valence-corrected chi connectivity index (χ4v) is 2.13. The molecule has 1 unspecified atom stereocenters. The van der Waals surface area contributed by atoms with Crippen molar-refractivity contribution in [3.8, 4) is 6.07 Å². The average molecular weight is 244 g/mol. The van der Waals surface area contributed by atoms with E-state index in [9.17, 15) is 0 Å². The second kappa shape index (κ2) is 6.02. The van der Waals surface area contributed by atoms with Gasteiger partial charge in [-0.2, -0.15) is 5.26 Å². The molecule has 2 nitrogen and oxygen atoms in total. The van der Waals surface area contributed by atoms with Gasteiger partial charge in [0.15, 0.2) is 0 Å². The van der Waals surface area contributed by atoms with Crippen LogP contribution in [0.1, 0.15) is 50.8 Å². The van der Waals surface area contributed by atoms with Crippen LogP contribution >= 0.6 is 0 Å². The molecule has 0 aliphatic heterocycles. The van der Waals surface area contributed by atoms with Crippen LogP contribution in [-0.4, -0.2) is 19.0 Å². The first-order valence-corrected chi connectivity index (χ1v) is 6.50. The normalized spacial score (nSPS) is 13.4. The SMILES string of the molecule is CN(C)C(CCC#N)c1ccc(C(C)(C)C)cc1. The number of hydrogen-bond acceptors (Lipinski definition) is 2. The molecule has 1 rings (SSSR count). The Morgan fingerprint density at radius 3 is 2.11 bits per heavy atom. The molecule has 1 atom stereocenters. The minimum Gasteiger partial charge on any atom is -0.302 e. The Bertz CT molecular complexity index is 404. The van der Waals surface area contributed by atoms with Crippen LogP contribution in [0.5, 0.6) is 0 Å². The van der Waals surface area contributed by atoms with Crippen LogP contribution in [0.25, 0.3) is 0 Å². The van der Waals surface area contributed by atoms with Gasteiger partial charge in [0.1, 0.15) is 0 Å². The van der Waals surface area contributed by atoms with E-state index in [-0.39, 0.29) is 5.41 Å². The molecule has 0 N–H and O–H groups in total. The zero-order valence-electron chi connectivity index (χ0n) is 12.2. The summed E-state index contributed by atoms with van der Waals surface area (Å²) in [7, 11) is 4.14. The lowest BCUT2D eigenvalue weighted by molar-refractivity contribution is 0.286. The molecule has 98 valence electrons. The molecule has 0 heterocycles. The maximum absolute atomic E-state index is 8.73. The van der Waals surface area contributed by atoms with E-state index in [4.69, 9.17) is 5.26 Å². The van der Waals surface area contributed by atoms with Crippen molar-refractivity contribution in [2.75, 3.05) is 14.1 Å². The third-order valence-electron chi connectivity index (χ3n) is 3.31. The Balaban J connectivity index is 2.91. The number of nitrogens with zero attached hydrogens (tertiary/aromatic N) is 2. The number of rotatable bonds is 4. The van der Waals surface area contributed by atoms with E-state index in [0.29, 0.717) is 12.5 Å². The average Bonchev–Trinajstić information content (AvgIpc) is 2.28. The van der Waals surface area contributed by atoms with Crippen molar-refractivity contribution in [1.82, 2.24) is 4.90 Å². The lowest BCUT2D eigenvalue weighted by Crippen LogP contribution is -2.20. The van der Waals surface area contributed by atoms with E-state index in [1.807, 2.05) is 0 Å². The molecule has 0 aliphatic rings. The van der Waals surface area contributed by atoms with E-state index in [2.05, 4.69) is 70.1 Å². The molecule has 0 bridgehead atoms. The molecule has 0 aromatic heterocycles. The van der Waals surface area contributed by atoms with E-state index in [0.717, 1.165) is 6.42 Å². The molecule has 0 saturated carbocycles. The van der Waals surface area contributed by atoms with E-state index >= 15 is 0 Å².